The van der Waals surface area contributed by atoms with E-state index in [1.807, 2.05) is 32.0 Å². The number of fused-ring (bicyclic) bond motifs is 1. The van der Waals surface area contributed by atoms with Gasteiger partial charge in [-0.15, -0.1) is 0 Å². The molecular weight excluding hydrogens is 538 g/mol. The molecule has 0 spiro atoms. The van der Waals surface area contributed by atoms with E-state index in [0.29, 0.717) is 26.0 Å². The topological polar surface area (TPSA) is 122 Å². The zero-order valence-electron chi connectivity index (χ0n) is 22.9. The molecule has 1 heterocycles. The molecule has 37 heavy (non-hydrogen) atoms. The number of carbonyl (C=O) groups is 3. The van der Waals surface area contributed by atoms with Gasteiger partial charge in [-0.05, 0) is 61.8 Å². The molecule has 0 radical (unpaired) electrons. The predicted octanol–water partition coefficient (Wildman–Crippen LogP) is 3.95. The van der Waals surface area contributed by atoms with E-state index in [2.05, 4.69) is 28.2 Å². The van der Waals surface area contributed by atoms with Gasteiger partial charge in [0.05, 0.1) is 18.6 Å². The Morgan fingerprint density at radius 2 is 2.00 bits per heavy atom. The third-order valence-electron chi connectivity index (χ3n) is 6.91. The molecule has 0 aliphatic carbocycles. The summed E-state index contributed by atoms with van der Waals surface area (Å²) in [6, 6.07) is 5.15. The molecule has 208 valence electrons. The highest BCUT2D eigenvalue weighted by Crippen LogP contribution is 2.36. The number of benzene rings is 1. The summed E-state index contributed by atoms with van der Waals surface area (Å²) in [6.45, 7) is 10.7. The van der Waals surface area contributed by atoms with Crippen molar-refractivity contribution in [1.82, 2.24) is 5.32 Å². The van der Waals surface area contributed by atoms with Gasteiger partial charge in [0.25, 0.3) is 0 Å². The fourth-order valence-electron chi connectivity index (χ4n) is 4.84. The maximum absolute atomic E-state index is 13.5. The molecule has 1 aromatic carbocycles. The van der Waals surface area contributed by atoms with Gasteiger partial charge in [0, 0.05) is 41.6 Å². The summed E-state index contributed by atoms with van der Waals surface area (Å²) < 4.78 is 6.13. The Morgan fingerprint density at radius 1 is 1.30 bits per heavy atom. The van der Waals surface area contributed by atoms with Gasteiger partial charge in [-0.3, -0.25) is 14.4 Å². The highest BCUT2D eigenvalue weighted by molar-refractivity contribution is 9.10. The smallest absolute Gasteiger partial charge is 0.311 e. The first-order valence-corrected chi connectivity index (χ1v) is 14.1. The van der Waals surface area contributed by atoms with Gasteiger partial charge in [0.2, 0.25) is 11.8 Å². The molecule has 1 aliphatic rings. The van der Waals surface area contributed by atoms with E-state index in [4.69, 9.17) is 10.5 Å². The lowest BCUT2D eigenvalue weighted by atomic mass is 9.79. The number of amides is 2. The van der Waals surface area contributed by atoms with E-state index < -0.39 is 23.5 Å². The summed E-state index contributed by atoms with van der Waals surface area (Å²) >= 11 is 3.48. The first-order valence-electron chi connectivity index (χ1n) is 13.3. The average Bonchev–Trinajstić information content (AvgIpc) is 2.82. The van der Waals surface area contributed by atoms with E-state index in [0.717, 1.165) is 28.6 Å². The van der Waals surface area contributed by atoms with Crippen LogP contribution in [0.25, 0.3) is 0 Å². The lowest BCUT2D eigenvalue weighted by Gasteiger charge is -2.37. The van der Waals surface area contributed by atoms with Crippen molar-refractivity contribution in [2.75, 3.05) is 24.6 Å². The molecular formula is C28H44BrN3O5. The van der Waals surface area contributed by atoms with E-state index >= 15 is 0 Å². The Labute approximate surface area is 229 Å². The van der Waals surface area contributed by atoms with Crippen LogP contribution in [-0.4, -0.2) is 54.7 Å². The maximum atomic E-state index is 13.5. The molecule has 0 fully saturated rings. The lowest BCUT2D eigenvalue weighted by molar-refractivity contribution is -0.147. The van der Waals surface area contributed by atoms with Crippen molar-refractivity contribution in [2.45, 2.75) is 85.3 Å². The van der Waals surface area contributed by atoms with Crippen LogP contribution in [0.15, 0.2) is 22.7 Å². The van der Waals surface area contributed by atoms with E-state index in [9.17, 15) is 19.5 Å². The molecule has 0 saturated heterocycles. The lowest BCUT2D eigenvalue weighted by Crippen LogP contribution is -2.46. The number of aliphatic hydroxyl groups is 1. The van der Waals surface area contributed by atoms with Crippen LogP contribution in [0, 0.1) is 17.3 Å². The molecule has 9 heteroatoms. The van der Waals surface area contributed by atoms with Crippen LogP contribution in [0.4, 0.5) is 5.69 Å². The number of hydrogen-bond acceptors (Lipinski definition) is 6. The van der Waals surface area contributed by atoms with Crippen LogP contribution in [0.5, 0.6) is 0 Å². The van der Waals surface area contributed by atoms with Gasteiger partial charge in [0.15, 0.2) is 0 Å². The largest absolute Gasteiger partial charge is 0.466 e. The summed E-state index contributed by atoms with van der Waals surface area (Å²) in [4.78, 5) is 40.0. The molecule has 4 atom stereocenters. The number of aliphatic hydroxyl groups excluding tert-OH is 1. The highest BCUT2D eigenvalue weighted by atomic mass is 79.9. The standard InChI is InChI=1S/C28H44BrN3O5/c1-6-8-11-31-26(35)18(3)12-24(33)22(30)15-28(4,5)16-25(34)32-17-20(27(36)37-7-2)13-19-14-21(29)9-10-23(19)32/h9-10,14,18,20,22,24,33H,6-8,11-13,15-17,30H2,1-5H3,(H,31,35)/t18-,20?,22+,24+/m1/s1. The maximum Gasteiger partial charge on any atom is 0.311 e. The second-order valence-electron chi connectivity index (χ2n) is 11.0. The van der Waals surface area contributed by atoms with Gasteiger partial charge < -0.3 is 25.8 Å². The number of halogens is 1. The number of nitrogens with zero attached hydrogens (tertiary/aromatic N) is 1. The minimum atomic E-state index is -0.859. The van der Waals surface area contributed by atoms with E-state index in [1.54, 1.807) is 18.7 Å². The molecule has 2 rings (SSSR count). The van der Waals surface area contributed by atoms with Crippen LogP contribution < -0.4 is 16.0 Å². The first kappa shape index (κ1) is 31.2. The predicted molar refractivity (Wildman–Crippen MR) is 149 cm³/mol. The first-order chi connectivity index (χ1) is 17.4. The zero-order valence-corrected chi connectivity index (χ0v) is 24.5. The van der Waals surface area contributed by atoms with Gasteiger partial charge in [-0.25, -0.2) is 0 Å². The number of esters is 1. The molecule has 0 bridgehead atoms. The Kier molecular flexibility index (Phi) is 12.0. The van der Waals surface area contributed by atoms with Crippen molar-refractivity contribution in [3.8, 4) is 0 Å². The van der Waals surface area contributed by atoms with Crippen molar-refractivity contribution >= 4 is 39.4 Å². The van der Waals surface area contributed by atoms with Gasteiger partial charge in [-0.2, -0.15) is 0 Å². The number of carbonyl (C=O) groups excluding carboxylic acids is 3. The third kappa shape index (κ3) is 9.37. The summed E-state index contributed by atoms with van der Waals surface area (Å²) in [6.07, 6.45) is 2.45. The fourth-order valence-corrected chi connectivity index (χ4v) is 5.25. The van der Waals surface area contributed by atoms with Gasteiger partial charge in [-0.1, -0.05) is 50.0 Å². The minimum absolute atomic E-state index is 0.0827. The van der Waals surface area contributed by atoms with Crippen LogP contribution >= 0.6 is 15.9 Å². The zero-order chi connectivity index (χ0) is 27.8. The summed E-state index contributed by atoms with van der Waals surface area (Å²) in [5, 5.41) is 13.6. The number of unbranched alkanes of at least 4 members (excludes halogenated alkanes) is 1. The minimum Gasteiger partial charge on any atom is -0.466 e. The normalized spacial score (nSPS) is 17.9. The molecule has 1 unspecified atom stereocenters. The highest BCUT2D eigenvalue weighted by Gasteiger charge is 2.36. The number of hydrogen-bond donors (Lipinski definition) is 3. The molecule has 1 aliphatic heterocycles. The van der Waals surface area contributed by atoms with Crippen LogP contribution in [0.3, 0.4) is 0 Å². The third-order valence-corrected chi connectivity index (χ3v) is 7.40. The van der Waals surface area contributed by atoms with Crippen molar-refractivity contribution in [3.63, 3.8) is 0 Å². The van der Waals surface area contributed by atoms with Crippen LogP contribution in [0.2, 0.25) is 0 Å². The van der Waals surface area contributed by atoms with Crippen molar-refractivity contribution in [3.05, 3.63) is 28.2 Å². The van der Waals surface area contributed by atoms with E-state index in [1.165, 1.54) is 0 Å². The Hall–Kier alpha value is -1.97. The summed E-state index contributed by atoms with van der Waals surface area (Å²) in [5.74, 6) is -1.27. The van der Waals surface area contributed by atoms with Crippen molar-refractivity contribution in [1.29, 1.82) is 0 Å². The van der Waals surface area contributed by atoms with Crippen LogP contribution in [0.1, 0.15) is 72.3 Å². The number of nitrogens with one attached hydrogen (secondary N) is 1. The fraction of sp³-hybridized carbons (Fsp3) is 0.679. The monoisotopic (exact) mass is 581 g/mol. The average molecular weight is 583 g/mol. The quantitative estimate of drug-likeness (QED) is 0.239. The summed E-state index contributed by atoms with van der Waals surface area (Å²) in [5.41, 5.74) is 7.56. The van der Waals surface area contributed by atoms with Crippen molar-refractivity contribution < 1.29 is 24.2 Å². The molecule has 0 saturated carbocycles. The Balaban J connectivity index is 2.04. The van der Waals surface area contributed by atoms with E-state index in [-0.39, 0.29) is 43.1 Å². The van der Waals surface area contributed by atoms with Gasteiger partial charge >= 0.3 is 5.97 Å². The summed E-state index contributed by atoms with van der Waals surface area (Å²) in [7, 11) is 0. The van der Waals surface area contributed by atoms with Gasteiger partial charge in [0.1, 0.15) is 0 Å². The number of nitrogens with two attached hydrogens (primary N) is 1. The number of anilines is 1. The van der Waals surface area contributed by atoms with Crippen molar-refractivity contribution in [2.24, 2.45) is 23.0 Å². The molecule has 0 aromatic heterocycles. The Bertz CT molecular complexity index is 938. The van der Waals surface area contributed by atoms with Crippen LogP contribution in [-0.2, 0) is 25.5 Å². The Morgan fingerprint density at radius 3 is 2.65 bits per heavy atom. The second-order valence-corrected chi connectivity index (χ2v) is 11.9. The number of rotatable bonds is 13. The SMILES string of the molecule is CCCCNC(=O)[C@H](C)C[C@H](O)[C@@H](N)CC(C)(C)CC(=O)N1CC(C(=O)OCC)Cc2cc(Br)ccc21. The molecule has 4 N–H and O–H groups in total. The second kappa shape index (κ2) is 14.3. The molecule has 8 nitrogen and oxygen atoms in total. The molecule has 2 amide bonds. The number of ether oxygens (including phenoxy) is 1. The molecule has 1 aromatic rings.